The summed E-state index contributed by atoms with van der Waals surface area (Å²) in [6, 6.07) is 8.42. The highest BCUT2D eigenvalue weighted by molar-refractivity contribution is 7.12. The predicted octanol–water partition coefficient (Wildman–Crippen LogP) is 3.37. The van der Waals surface area contributed by atoms with Crippen molar-refractivity contribution >= 4 is 46.3 Å². The van der Waals surface area contributed by atoms with Crippen molar-refractivity contribution in [1.29, 1.82) is 0 Å². The van der Waals surface area contributed by atoms with Gasteiger partial charge in [-0.2, -0.15) is 0 Å². The molecule has 3 N–H and O–H groups in total. The van der Waals surface area contributed by atoms with Crippen LogP contribution in [-0.4, -0.2) is 54.8 Å². The van der Waals surface area contributed by atoms with Gasteiger partial charge in [-0.1, -0.05) is 24.6 Å². The molecule has 1 aliphatic rings. The third kappa shape index (κ3) is 6.78. The summed E-state index contributed by atoms with van der Waals surface area (Å²) in [5, 5.41) is 10.9. The summed E-state index contributed by atoms with van der Waals surface area (Å²) in [5.74, 6) is -0.421. The molecule has 0 aliphatic carbocycles. The number of rotatable bonds is 8. The van der Waals surface area contributed by atoms with E-state index in [1.54, 1.807) is 30.3 Å². The lowest BCUT2D eigenvalue weighted by Gasteiger charge is -2.31. The summed E-state index contributed by atoms with van der Waals surface area (Å²) in [4.78, 5) is 39.6. The van der Waals surface area contributed by atoms with E-state index in [0.717, 1.165) is 32.4 Å². The van der Waals surface area contributed by atoms with Crippen LogP contribution in [0.5, 0.6) is 0 Å². The summed E-state index contributed by atoms with van der Waals surface area (Å²) in [7, 11) is 0. The van der Waals surface area contributed by atoms with Gasteiger partial charge in [-0.15, -0.1) is 11.3 Å². The van der Waals surface area contributed by atoms with Crippen molar-refractivity contribution in [3.63, 3.8) is 0 Å². The molecule has 2 heterocycles. The van der Waals surface area contributed by atoms with Crippen LogP contribution in [0.3, 0.4) is 0 Å². The van der Waals surface area contributed by atoms with Crippen LogP contribution in [0.1, 0.15) is 46.2 Å². The fourth-order valence-electron chi connectivity index (χ4n) is 3.38. The Hall–Kier alpha value is -2.42. The lowest BCUT2D eigenvalue weighted by molar-refractivity contribution is -0.122. The number of carbonyl (C=O) groups excluding carboxylic acids is 3. The van der Waals surface area contributed by atoms with Gasteiger partial charge in [0.15, 0.2) is 0 Å². The van der Waals surface area contributed by atoms with Gasteiger partial charge in [0.2, 0.25) is 5.91 Å². The molecule has 0 bridgehead atoms. The van der Waals surface area contributed by atoms with E-state index in [9.17, 15) is 14.4 Å². The maximum Gasteiger partial charge on any atom is 0.265 e. The molecule has 0 radical (unpaired) electrons. The zero-order valence-corrected chi connectivity index (χ0v) is 19.0. The number of thiophene rings is 1. The number of likely N-dealkylation sites (tertiary alicyclic amines) is 1. The number of nitrogens with one attached hydrogen (secondary N) is 3. The van der Waals surface area contributed by atoms with Gasteiger partial charge >= 0.3 is 0 Å². The number of anilines is 1. The Morgan fingerprint density at radius 2 is 1.94 bits per heavy atom. The van der Waals surface area contributed by atoms with Crippen LogP contribution in [0.15, 0.2) is 35.7 Å². The second-order valence-corrected chi connectivity index (χ2v) is 8.85. The molecular weight excluding hydrogens is 436 g/mol. The molecule has 3 amide bonds. The summed E-state index contributed by atoms with van der Waals surface area (Å²) >= 11 is 7.54. The van der Waals surface area contributed by atoms with Gasteiger partial charge in [-0.25, -0.2) is 0 Å². The molecule has 0 spiro atoms. The average molecular weight is 463 g/mol. The predicted molar refractivity (Wildman–Crippen MR) is 124 cm³/mol. The van der Waals surface area contributed by atoms with E-state index in [2.05, 4.69) is 20.9 Å². The third-order valence-electron chi connectivity index (χ3n) is 5.08. The Labute approximate surface area is 191 Å². The van der Waals surface area contributed by atoms with Crippen LogP contribution in [-0.2, 0) is 4.79 Å². The van der Waals surface area contributed by atoms with E-state index in [0.29, 0.717) is 34.2 Å². The zero-order valence-electron chi connectivity index (χ0n) is 17.4. The highest BCUT2D eigenvalue weighted by Crippen LogP contribution is 2.24. The molecule has 1 fully saturated rings. The van der Waals surface area contributed by atoms with Gasteiger partial charge in [0.1, 0.15) is 0 Å². The van der Waals surface area contributed by atoms with Crippen LogP contribution in [0, 0.1) is 0 Å². The number of carbonyl (C=O) groups is 3. The number of amides is 3. The van der Waals surface area contributed by atoms with Crippen LogP contribution in [0.4, 0.5) is 5.69 Å². The van der Waals surface area contributed by atoms with Gasteiger partial charge in [0.25, 0.3) is 11.8 Å². The molecular formula is C22H27ClN4O3S. The molecule has 9 heteroatoms. The molecule has 166 valence electrons. The van der Waals surface area contributed by atoms with E-state index < -0.39 is 0 Å². The van der Waals surface area contributed by atoms with Crippen molar-refractivity contribution in [2.45, 2.75) is 32.2 Å². The molecule has 1 aromatic heterocycles. The fraction of sp³-hybridized carbons (Fsp3) is 0.409. The van der Waals surface area contributed by atoms with Crippen LogP contribution < -0.4 is 16.0 Å². The van der Waals surface area contributed by atoms with E-state index in [4.69, 9.17) is 11.6 Å². The van der Waals surface area contributed by atoms with E-state index in [1.807, 2.05) is 12.3 Å². The molecule has 1 aromatic carbocycles. The average Bonchev–Trinajstić information content (AvgIpc) is 3.30. The van der Waals surface area contributed by atoms with Crippen molar-refractivity contribution in [1.82, 2.24) is 15.5 Å². The summed E-state index contributed by atoms with van der Waals surface area (Å²) < 4.78 is 0. The maximum atomic E-state index is 12.7. The van der Waals surface area contributed by atoms with Crippen LogP contribution in [0.25, 0.3) is 0 Å². The first-order valence-corrected chi connectivity index (χ1v) is 11.7. The Balaban J connectivity index is 1.52. The monoisotopic (exact) mass is 462 g/mol. The molecule has 1 saturated heterocycles. The van der Waals surface area contributed by atoms with Gasteiger partial charge in [-0.3, -0.25) is 19.3 Å². The third-order valence-corrected chi connectivity index (χ3v) is 6.28. The van der Waals surface area contributed by atoms with Crippen molar-refractivity contribution < 1.29 is 14.4 Å². The topological polar surface area (TPSA) is 90.5 Å². The second-order valence-electron chi connectivity index (χ2n) is 7.50. The van der Waals surface area contributed by atoms with E-state index in [1.165, 1.54) is 11.3 Å². The molecule has 0 unspecified atom stereocenters. The van der Waals surface area contributed by atoms with Crippen molar-refractivity contribution in [2.75, 3.05) is 31.5 Å². The van der Waals surface area contributed by atoms with Crippen molar-refractivity contribution in [3.05, 3.63) is 51.2 Å². The van der Waals surface area contributed by atoms with Crippen LogP contribution >= 0.6 is 22.9 Å². The summed E-state index contributed by atoms with van der Waals surface area (Å²) in [5.41, 5.74) is 0.841. The molecule has 3 rings (SSSR count). The number of benzene rings is 1. The van der Waals surface area contributed by atoms with Gasteiger partial charge in [-0.05, 0) is 48.9 Å². The normalized spacial score (nSPS) is 14.8. The lowest BCUT2D eigenvalue weighted by atomic mass is 10.0. The minimum absolute atomic E-state index is 0.0438. The molecule has 0 saturated carbocycles. The maximum absolute atomic E-state index is 12.7. The molecule has 7 nitrogen and oxygen atoms in total. The quantitative estimate of drug-likeness (QED) is 0.561. The fourth-order valence-corrected chi connectivity index (χ4v) is 4.17. The number of nitrogens with zero attached hydrogens (tertiary/aromatic N) is 1. The Kier molecular flexibility index (Phi) is 8.45. The molecule has 1 aliphatic heterocycles. The minimum Gasteiger partial charge on any atom is -0.355 e. The van der Waals surface area contributed by atoms with Crippen molar-refractivity contribution in [3.8, 4) is 0 Å². The SMILES string of the molecule is CCCNC(=O)CN1CCC(NC(=O)c2ccc(Cl)c(NC(=O)c3cccs3)c2)CC1. The number of hydrogen-bond donors (Lipinski definition) is 3. The minimum atomic E-state index is -0.259. The summed E-state index contributed by atoms with van der Waals surface area (Å²) in [6.45, 7) is 4.63. The lowest BCUT2D eigenvalue weighted by Crippen LogP contribution is -2.47. The van der Waals surface area contributed by atoms with Gasteiger partial charge in [0.05, 0.1) is 22.1 Å². The molecule has 0 atom stereocenters. The first kappa shape index (κ1) is 23.2. The highest BCUT2D eigenvalue weighted by Gasteiger charge is 2.23. The smallest absolute Gasteiger partial charge is 0.265 e. The van der Waals surface area contributed by atoms with Crippen LogP contribution in [0.2, 0.25) is 5.02 Å². The second kappa shape index (κ2) is 11.3. The van der Waals surface area contributed by atoms with E-state index >= 15 is 0 Å². The molecule has 2 aromatic rings. The zero-order chi connectivity index (χ0) is 22.2. The summed E-state index contributed by atoms with van der Waals surface area (Å²) in [6.07, 6.45) is 2.48. The Morgan fingerprint density at radius 3 is 2.61 bits per heavy atom. The Morgan fingerprint density at radius 1 is 1.16 bits per heavy atom. The highest BCUT2D eigenvalue weighted by atomic mass is 35.5. The largest absolute Gasteiger partial charge is 0.355 e. The van der Waals surface area contributed by atoms with Gasteiger partial charge in [0, 0.05) is 31.2 Å². The van der Waals surface area contributed by atoms with Gasteiger partial charge < -0.3 is 16.0 Å². The number of hydrogen-bond acceptors (Lipinski definition) is 5. The van der Waals surface area contributed by atoms with Crippen molar-refractivity contribution in [2.24, 2.45) is 0 Å². The number of halogens is 1. The standard InChI is InChI=1S/C22H27ClN4O3S/c1-2-9-24-20(28)14-27-10-7-16(8-11-27)25-21(29)15-5-6-17(23)18(13-15)26-22(30)19-4-3-12-31-19/h3-6,12-13,16H,2,7-11,14H2,1H3,(H,24,28)(H,25,29)(H,26,30). The van der Waals surface area contributed by atoms with E-state index in [-0.39, 0.29) is 23.8 Å². The first-order valence-electron chi connectivity index (χ1n) is 10.4. The Bertz CT molecular complexity index is 911. The first-order chi connectivity index (χ1) is 15.0. The number of piperidine rings is 1. The molecule has 31 heavy (non-hydrogen) atoms.